The Balaban J connectivity index is 1.85. The molecule has 0 bridgehead atoms. The zero-order chi connectivity index (χ0) is 26.0. The van der Waals surface area contributed by atoms with Crippen LogP contribution < -0.4 is 14.4 Å². The Labute approximate surface area is 219 Å². The SMILES string of the molecule is COc1cccc(C2/C(=C(/O)c3ccc(Cl)c(Cl)c3)C(=O)C(=O)N2c2ccc(OCC(C)C)cc2)c1. The van der Waals surface area contributed by atoms with Crippen molar-refractivity contribution in [2.45, 2.75) is 19.9 Å². The molecule has 1 N–H and O–H groups in total. The highest BCUT2D eigenvalue weighted by atomic mass is 35.5. The van der Waals surface area contributed by atoms with E-state index in [4.69, 9.17) is 32.7 Å². The van der Waals surface area contributed by atoms with Gasteiger partial charge in [0.15, 0.2) is 0 Å². The highest BCUT2D eigenvalue weighted by Gasteiger charge is 2.47. The topological polar surface area (TPSA) is 76.1 Å². The van der Waals surface area contributed by atoms with Crippen molar-refractivity contribution in [1.29, 1.82) is 0 Å². The van der Waals surface area contributed by atoms with Gasteiger partial charge in [0.1, 0.15) is 17.3 Å². The number of amides is 1. The number of anilines is 1. The summed E-state index contributed by atoms with van der Waals surface area (Å²) in [5.41, 5.74) is 1.28. The van der Waals surface area contributed by atoms with Crippen LogP contribution in [0.2, 0.25) is 10.0 Å². The van der Waals surface area contributed by atoms with Crippen LogP contribution in [-0.4, -0.2) is 30.5 Å². The summed E-state index contributed by atoms with van der Waals surface area (Å²) in [4.78, 5) is 28.0. The van der Waals surface area contributed by atoms with Gasteiger partial charge in [-0.15, -0.1) is 0 Å². The normalized spacial score (nSPS) is 17.1. The summed E-state index contributed by atoms with van der Waals surface area (Å²) in [6.07, 6.45) is 0. The summed E-state index contributed by atoms with van der Waals surface area (Å²) in [7, 11) is 1.53. The summed E-state index contributed by atoms with van der Waals surface area (Å²) >= 11 is 12.2. The lowest BCUT2D eigenvalue weighted by Crippen LogP contribution is -2.29. The summed E-state index contributed by atoms with van der Waals surface area (Å²) < 4.78 is 11.1. The number of aliphatic hydroxyl groups excluding tert-OH is 1. The van der Waals surface area contributed by atoms with Gasteiger partial charge in [-0.2, -0.15) is 0 Å². The second-order valence-electron chi connectivity index (χ2n) is 8.77. The minimum atomic E-state index is -0.906. The lowest BCUT2D eigenvalue weighted by Gasteiger charge is -2.26. The molecule has 8 heteroatoms. The highest BCUT2D eigenvalue weighted by molar-refractivity contribution is 6.51. The largest absolute Gasteiger partial charge is 0.507 e. The molecule has 1 unspecified atom stereocenters. The number of carbonyl (C=O) groups excluding carboxylic acids is 2. The molecule has 3 aromatic rings. The van der Waals surface area contributed by atoms with Gasteiger partial charge >= 0.3 is 0 Å². The van der Waals surface area contributed by atoms with Gasteiger partial charge in [-0.3, -0.25) is 14.5 Å². The Kier molecular flexibility index (Phi) is 7.57. The Morgan fingerprint density at radius 1 is 0.972 bits per heavy atom. The average molecular weight is 526 g/mol. The molecular formula is C28H25Cl2NO5. The number of ether oxygens (including phenoxy) is 2. The number of hydrogen-bond donors (Lipinski definition) is 1. The van der Waals surface area contributed by atoms with Gasteiger partial charge < -0.3 is 14.6 Å². The number of ketones is 1. The van der Waals surface area contributed by atoms with Gasteiger partial charge in [0, 0.05) is 11.3 Å². The number of methoxy groups -OCH3 is 1. The molecule has 1 saturated heterocycles. The second kappa shape index (κ2) is 10.6. The molecular weight excluding hydrogens is 501 g/mol. The predicted octanol–water partition coefficient (Wildman–Crippen LogP) is 6.66. The van der Waals surface area contributed by atoms with E-state index in [0.29, 0.717) is 40.3 Å². The summed E-state index contributed by atoms with van der Waals surface area (Å²) in [6, 6.07) is 17.6. The van der Waals surface area contributed by atoms with Gasteiger partial charge in [0.2, 0.25) is 0 Å². The minimum Gasteiger partial charge on any atom is -0.507 e. The maximum atomic E-state index is 13.3. The lowest BCUT2D eigenvalue weighted by molar-refractivity contribution is -0.132. The van der Waals surface area contributed by atoms with Crippen molar-refractivity contribution in [1.82, 2.24) is 0 Å². The van der Waals surface area contributed by atoms with E-state index >= 15 is 0 Å². The Morgan fingerprint density at radius 2 is 1.69 bits per heavy atom. The minimum absolute atomic E-state index is 0.0632. The Hall–Kier alpha value is -3.48. The van der Waals surface area contributed by atoms with Gasteiger partial charge in [0.05, 0.1) is 35.4 Å². The van der Waals surface area contributed by atoms with Crippen LogP contribution in [0.4, 0.5) is 5.69 Å². The molecule has 0 aliphatic carbocycles. The first-order valence-electron chi connectivity index (χ1n) is 11.3. The van der Waals surface area contributed by atoms with Crippen LogP contribution >= 0.6 is 23.2 Å². The molecule has 1 heterocycles. The highest BCUT2D eigenvalue weighted by Crippen LogP contribution is 2.43. The smallest absolute Gasteiger partial charge is 0.300 e. The summed E-state index contributed by atoms with van der Waals surface area (Å²) in [5.74, 6) is -0.370. The molecule has 0 aromatic heterocycles. The van der Waals surface area contributed by atoms with Crippen LogP contribution in [-0.2, 0) is 9.59 Å². The molecule has 1 amide bonds. The van der Waals surface area contributed by atoms with E-state index in [1.807, 2.05) is 0 Å². The molecule has 0 saturated carbocycles. The van der Waals surface area contributed by atoms with E-state index in [9.17, 15) is 14.7 Å². The molecule has 1 atom stereocenters. The van der Waals surface area contributed by atoms with Crippen molar-refractivity contribution < 1.29 is 24.2 Å². The Bertz CT molecular complexity index is 1330. The first kappa shape index (κ1) is 25.6. The standard InChI is InChI=1S/C28H25Cl2NO5/c1-16(2)15-36-20-10-8-19(9-11-20)31-25(17-5-4-6-21(13-17)35-3)24(27(33)28(31)34)26(32)18-7-12-22(29)23(30)14-18/h4-14,16,25,32H,15H2,1-3H3/b26-24-. The van der Waals surface area contributed by atoms with Crippen LogP contribution in [0, 0.1) is 5.92 Å². The molecule has 0 radical (unpaired) electrons. The van der Waals surface area contributed by atoms with Crippen molar-refractivity contribution >= 4 is 46.3 Å². The number of Topliss-reactive ketones (excluding diaryl/α,β-unsaturated/α-hetero) is 1. The van der Waals surface area contributed by atoms with Crippen LogP contribution in [0.1, 0.15) is 31.0 Å². The van der Waals surface area contributed by atoms with Gasteiger partial charge in [-0.05, 0) is 66.1 Å². The number of halogens is 2. The monoisotopic (exact) mass is 525 g/mol. The van der Waals surface area contributed by atoms with Crippen LogP contribution in [0.25, 0.3) is 5.76 Å². The molecule has 186 valence electrons. The zero-order valence-corrected chi connectivity index (χ0v) is 21.5. The van der Waals surface area contributed by atoms with Crippen molar-refractivity contribution in [3.8, 4) is 11.5 Å². The zero-order valence-electron chi connectivity index (χ0n) is 20.0. The fourth-order valence-electron chi connectivity index (χ4n) is 3.99. The Morgan fingerprint density at radius 3 is 2.33 bits per heavy atom. The van der Waals surface area contributed by atoms with Gasteiger partial charge in [0.25, 0.3) is 11.7 Å². The third-order valence-corrected chi connectivity index (χ3v) is 6.48. The quantitative estimate of drug-likeness (QED) is 0.212. The molecule has 3 aromatic carbocycles. The predicted molar refractivity (Wildman–Crippen MR) is 141 cm³/mol. The number of carbonyl (C=O) groups is 2. The van der Waals surface area contributed by atoms with E-state index < -0.39 is 17.7 Å². The number of hydrogen-bond acceptors (Lipinski definition) is 5. The average Bonchev–Trinajstić information content (AvgIpc) is 3.14. The number of aliphatic hydroxyl groups is 1. The van der Waals surface area contributed by atoms with E-state index in [1.165, 1.54) is 24.1 Å². The van der Waals surface area contributed by atoms with Crippen molar-refractivity contribution in [2.24, 2.45) is 5.92 Å². The lowest BCUT2D eigenvalue weighted by atomic mass is 9.95. The summed E-state index contributed by atoms with van der Waals surface area (Å²) in [5, 5.41) is 11.8. The molecule has 4 rings (SSSR count). The fraction of sp³-hybridized carbons (Fsp3) is 0.214. The number of rotatable bonds is 7. The van der Waals surface area contributed by atoms with E-state index in [2.05, 4.69) is 13.8 Å². The first-order valence-corrected chi connectivity index (χ1v) is 12.1. The fourth-order valence-corrected chi connectivity index (χ4v) is 4.29. The molecule has 1 fully saturated rings. The second-order valence-corrected chi connectivity index (χ2v) is 9.59. The number of nitrogens with zero attached hydrogens (tertiary/aromatic N) is 1. The molecule has 6 nitrogen and oxygen atoms in total. The summed E-state index contributed by atoms with van der Waals surface area (Å²) in [6.45, 7) is 4.66. The van der Waals surface area contributed by atoms with Crippen molar-refractivity contribution in [3.05, 3.63) is 93.5 Å². The van der Waals surface area contributed by atoms with E-state index in [0.717, 1.165) is 0 Å². The van der Waals surface area contributed by atoms with Gasteiger partial charge in [-0.25, -0.2) is 0 Å². The van der Waals surface area contributed by atoms with Crippen LogP contribution in [0.3, 0.4) is 0 Å². The maximum absolute atomic E-state index is 13.3. The molecule has 1 aliphatic rings. The third-order valence-electron chi connectivity index (χ3n) is 5.75. The van der Waals surface area contributed by atoms with Crippen LogP contribution in [0.15, 0.2) is 72.3 Å². The first-order chi connectivity index (χ1) is 17.2. The van der Waals surface area contributed by atoms with E-state index in [-0.39, 0.29) is 21.9 Å². The number of benzene rings is 3. The van der Waals surface area contributed by atoms with Crippen molar-refractivity contribution in [3.63, 3.8) is 0 Å². The van der Waals surface area contributed by atoms with Gasteiger partial charge in [-0.1, -0.05) is 49.2 Å². The third kappa shape index (κ3) is 5.06. The van der Waals surface area contributed by atoms with E-state index in [1.54, 1.807) is 54.6 Å². The van der Waals surface area contributed by atoms with Crippen LogP contribution in [0.5, 0.6) is 11.5 Å². The molecule has 1 aliphatic heterocycles. The van der Waals surface area contributed by atoms with Crippen molar-refractivity contribution in [2.75, 3.05) is 18.6 Å². The molecule has 0 spiro atoms. The molecule has 36 heavy (non-hydrogen) atoms. The maximum Gasteiger partial charge on any atom is 0.300 e.